The number of nitrogens with one attached hydrogen (secondary N) is 1. The quantitative estimate of drug-likeness (QED) is 0.661. The Hall–Kier alpha value is 0.440. The Balaban J connectivity index is 0.000000605. The third-order valence-electron chi connectivity index (χ3n) is 3.07. The lowest BCUT2D eigenvalue weighted by Gasteiger charge is -2.36. The van der Waals surface area contributed by atoms with Gasteiger partial charge in [0.25, 0.3) is 0 Å². The molecule has 0 aromatic heterocycles. The molecule has 2 heteroatoms. The Bertz CT molecular complexity index is 90.1. The first-order valence-electron chi connectivity index (χ1n) is 4.70. The normalized spacial score (nSPS) is 37.1. The minimum Gasteiger partial charge on any atom is -0.314 e. The predicted octanol–water partition coefficient (Wildman–Crippen LogP) is 2.51. The van der Waals surface area contributed by atoms with Crippen LogP contribution in [0.25, 0.3) is 0 Å². The minimum absolute atomic E-state index is 0. The van der Waals surface area contributed by atoms with E-state index in [9.17, 15) is 0 Å². The van der Waals surface area contributed by atoms with E-state index in [0.717, 1.165) is 12.0 Å². The zero-order chi connectivity index (χ0) is 6.81. The summed E-state index contributed by atoms with van der Waals surface area (Å²) in [5, 5.41) is 3.62. The van der Waals surface area contributed by atoms with Crippen molar-refractivity contribution in [3.63, 3.8) is 0 Å². The van der Waals surface area contributed by atoms with Gasteiger partial charge in [-0.05, 0) is 38.1 Å². The summed E-state index contributed by atoms with van der Waals surface area (Å²) in [5.74, 6) is 1.04. The van der Waals surface area contributed by atoms with Gasteiger partial charge in [0.1, 0.15) is 0 Å². The number of rotatable bonds is 0. The molecule has 0 spiro atoms. The van der Waals surface area contributed by atoms with Gasteiger partial charge < -0.3 is 5.32 Å². The zero-order valence-corrected chi connectivity index (χ0v) is 8.73. The van der Waals surface area contributed by atoms with Gasteiger partial charge in [-0.1, -0.05) is 12.8 Å². The van der Waals surface area contributed by atoms with Gasteiger partial charge in [-0.15, -0.1) is 17.0 Å². The Morgan fingerprint density at radius 2 is 1.64 bits per heavy atom. The molecule has 2 rings (SSSR count). The first kappa shape index (κ1) is 9.53. The van der Waals surface area contributed by atoms with Crippen LogP contribution in [0.15, 0.2) is 0 Å². The summed E-state index contributed by atoms with van der Waals surface area (Å²) in [7, 11) is 0. The first-order valence-corrected chi connectivity index (χ1v) is 4.70. The van der Waals surface area contributed by atoms with E-state index in [1.165, 1.54) is 45.1 Å². The maximum absolute atomic E-state index is 3.62. The van der Waals surface area contributed by atoms with Crippen LogP contribution in [0, 0.1) is 5.92 Å². The second-order valence-corrected chi connectivity index (χ2v) is 3.75. The molecule has 1 nitrogen and oxygen atoms in total. The molecule has 2 atom stereocenters. The van der Waals surface area contributed by atoms with E-state index in [2.05, 4.69) is 5.32 Å². The molecule has 0 radical (unpaired) electrons. The topological polar surface area (TPSA) is 12.0 Å². The number of hydrogen-bond acceptors (Lipinski definition) is 1. The van der Waals surface area contributed by atoms with Gasteiger partial charge in [-0.3, -0.25) is 0 Å². The number of fused-ring (bicyclic) bond motifs is 1. The first-order chi connectivity index (χ1) is 4.97. The highest BCUT2D eigenvalue weighted by atomic mass is 79.9. The van der Waals surface area contributed by atoms with Crippen LogP contribution < -0.4 is 5.32 Å². The van der Waals surface area contributed by atoms with E-state index >= 15 is 0 Å². The molecule has 0 bridgehead atoms. The molecule has 66 valence electrons. The molecule has 1 N–H and O–H groups in total. The minimum atomic E-state index is 0. The molecule has 0 aromatic carbocycles. The summed E-state index contributed by atoms with van der Waals surface area (Å²) < 4.78 is 0. The highest BCUT2D eigenvalue weighted by molar-refractivity contribution is 8.93. The number of halogens is 1. The fourth-order valence-corrected chi connectivity index (χ4v) is 2.47. The van der Waals surface area contributed by atoms with E-state index in [4.69, 9.17) is 0 Å². The Labute approximate surface area is 79.7 Å². The smallest absolute Gasteiger partial charge is 0.00953 e. The Morgan fingerprint density at radius 3 is 2.45 bits per heavy atom. The fourth-order valence-electron chi connectivity index (χ4n) is 2.47. The van der Waals surface area contributed by atoms with Gasteiger partial charge in [0.15, 0.2) is 0 Å². The second kappa shape index (κ2) is 4.46. The van der Waals surface area contributed by atoms with Crippen molar-refractivity contribution >= 4 is 17.0 Å². The van der Waals surface area contributed by atoms with E-state index in [1.807, 2.05) is 0 Å². The van der Waals surface area contributed by atoms with Gasteiger partial charge in [-0.2, -0.15) is 0 Å². The molecule has 1 saturated carbocycles. The maximum Gasteiger partial charge on any atom is 0.00953 e. The van der Waals surface area contributed by atoms with Crippen molar-refractivity contribution < 1.29 is 0 Å². The highest BCUT2D eigenvalue weighted by Crippen LogP contribution is 2.29. The number of piperidine rings is 1. The summed E-state index contributed by atoms with van der Waals surface area (Å²) in [6.45, 7) is 1.28. The van der Waals surface area contributed by atoms with Crippen molar-refractivity contribution in [1.82, 2.24) is 5.32 Å². The van der Waals surface area contributed by atoms with Crippen molar-refractivity contribution in [2.24, 2.45) is 5.92 Å². The lowest BCUT2D eigenvalue weighted by Crippen LogP contribution is -2.42. The predicted molar refractivity (Wildman–Crippen MR) is 53.3 cm³/mol. The molecule has 0 aromatic rings. The summed E-state index contributed by atoms with van der Waals surface area (Å²) in [6.07, 6.45) is 8.82. The molecule has 0 unspecified atom stereocenters. The van der Waals surface area contributed by atoms with Crippen LogP contribution in [0.4, 0.5) is 0 Å². The molecule has 1 aliphatic carbocycles. The number of hydrogen-bond donors (Lipinski definition) is 1. The average Bonchev–Trinajstić information content (AvgIpc) is 2.05. The molecule has 2 fully saturated rings. The van der Waals surface area contributed by atoms with Gasteiger partial charge in [0.2, 0.25) is 0 Å². The van der Waals surface area contributed by atoms with Crippen LogP contribution in [0.1, 0.15) is 38.5 Å². The Kier molecular flexibility index (Phi) is 3.86. The summed E-state index contributed by atoms with van der Waals surface area (Å²) in [6, 6.07) is 0.905. The van der Waals surface area contributed by atoms with Crippen LogP contribution in [0.3, 0.4) is 0 Å². The van der Waals surface area contributed by atoms with Crippen LogP contribution in [-0.2, 0) is 0 Å². The molecule has 1 heterocycles. The van der Waals surface area contributed by atoms with E-state index in [0.29, 0.717) is 0 Å². The SMILES string of the molecule is Br.C1CC[C@@H]2NCCC[C@H]2C1. The van der Waals surface area contributed by atoms with Crippen molar-refractivity contribution in [1.29, 1.82) is 0 Å². The molecule has 1 saturated heterocycles. The van der Waals surface area contributed by atoms with Gasteiger partial charge in [-0.25, -0.2) is 0 Å². The molecule has 0 amide bonds. The summed E-state index contributed by atoms with van der Waals surface area (Å²) in [5.41, 5.74) is 0. The molecule has 1 aliphatic heterocycles. The van der Waals surface area contributed by atoms with Crippen molar-refractivity contribution in [3.8, 4) is 0 Å². The van der Waals surface area contributed by atoms with Crippen LogP contribution in [0.2, 0.25) is 0 Å². The lowest BCUT2D eigenvalue weighted by molar-refractivity contribution is 0.212. The maximum atomic E-state index is 3.62. The van der Waals surface area contributed by atoms with Gasteiger partial charge >= 0.3 is 0 Å². The average molecular weight is 220 g/mol. The van der Waals surface area contributed by atoms with Gasteiger partial charge in [0, 0.05) is 6.04 Å². The van der Waals surface area contributed by atoms with Crippen molar-refractivity contribution in [2.45, 2.75) is 44.6 Å². The lowest BCUT2D eigenvalue weighted by atomic mass is 9.80. The fraction of sp³-hybridized carbons (Fsp3) is 1.00. The van der Waals surface area contributed by atoms with Crippen LogP contribution in [-0.4, -0.2) is 12.6 Å². The zero-order valence-electron chi connectivity index (χ0n) is 7.01. The molecule has 2 aliphatic rings. The highest BCUT2D eigenvalue weighted by Gasteiger charge is 2.26. The standard InChI is InChI=1S/C9H17N.BrH/c1-2-6-9-8(4-1)5-3-7-10-9;/h8-10H,1-7H2;1H/t8-,9+;/m1./s1. The largest absolute Gasteiger partial charge is 0.314 e. The van der Waals surface area contributed by atoms with Crippen molar-refractivity contribution in [2.75, 3.05) is 6.54 Å². The van der Waals surface area contributed by atoms with Crippen molar-refractivity contribution in [3.05, 3.63) is 0 Å². The monoisotopic (exact) mass is 219 g/mol. The molecule has 11 heavy (non-hydrogen) atoms. The van der Waals surface area contributed by atoms with Crippen LogP contribution in [0.5, 0.6) is 0 Å². The second-order valence-electron chi connectivity index (χ2n) is 3.75. The molecular weight excluding hydrogens is 202 g/mol. The summed E-state index contributed by atoms with van der Waals surface area (Å²) in [4.78, 5) is 0. The van der Waals surface area contributed by atoms with E-state index in [-0.39, 0.29) is 17.0 Å². The van der Waals surface area contributed by atoms with E-state index < -0.39 is 0 Å². The summed E-state index contributed by atoms with van der Waals surface area (Å²) >= 11 is 0. The molecular formula is C9H18BrN. The third kappa shape index (κ3) is 2.19. The van der Waals surface area contributed by atoms with E-state index in [1.54, 1.807) is 0 Å². The third-order valence-corrected chi connectivity index (χ3v) is 3.07. The van der Waals surface area contributed by atoms with Gasteiger partial charge in [0.05, 0.1) is 0 Å². The van der Waals surface area contributed by atoms with Crippen LogP contribution >= 0.6 is 17.0 Å². The Morgan fingerprint density at radius 1 is 0.909 bits per heavy atom.